The summed E-state index contributed by atoms with van der Waals surface area (Å²) in [5.74, 6) is 0.608. The van der Waals surface area contributed by atoms with Crippen LogP contribution in [0.2, 0.25) is 0 Å². The lowest BCUT2D eigenvalue weighted by molar-refractivity contribution is -0.151. The van der Waals surface area contributed by atoms with E-state index in [1.807, 2.05) is 0 Å². The molecule has 4 fully saturated rings. The number of fused-ring (bicyclic) bond motifs is 2. The summed E-state index contributed by atoms with van der Waals surface area (Å²) in [5, 5.41) is 0. The standard InChI is InChI=1S/C14H20O4/c15-14(9-2-4-11-13(6-9)18-11)16-7-8-1-3-10-12(5-8)17-10/h8-13H,1-7H2/t8-,9+,10-,11-,12+,13+/m0/s1. The molecule has 2 saturated carbocycles. The summed E-state index contributed by atoms with van der Waals surface area (Å²) in [6, 6.07) is 0. The van der Waals surface area contributed by atoms with Crippen molar-refractivity contribution >= 4 is 5.97 Å². The van der Waals surface area contributed by atoms with Crippen molar-refractivity contribution in [3.8, 4) is 0 Å². The van der Waals surface area contributed by atoms with Gasteiger partial charge in [-0.3, -0.25) is 4.79 Å². The molecule has 2 heterocycles. The maximum Gasteiger partial charge on any atom is 0.309 e. The van der Waals surface area contributed by atoms with E-state index in [4.69, 9.17) is 14.2 Å². The molecule has 4 nitrogen and oxygen atoms in total. The van der Waals surface area contributed by atoms with E-state index in [9.17, 15) is 4.79 Å². The Kier molecular flexibility index (Phi) is 2.62. The molecule has 18 heavy (non-hydrogen) atoms. The summed E-state index contributed by atoms with van der Waals surface area (Å²) < 4.78 is 16.4. The van der Waals surface area contributed by atoms with Crippen LogP contribution < -0.4 is 0 Å². The van der Waals surface area contributed by atoms with Crippen molar-refractivity contribution in [1.82, 2.24) is 0 Å². The maximum absolute atomic E-state index is 12.0. The molecule has 2 aliphatic heterocycles. The van der Waals surface area contributed by atoms with Crippen LogP contribution in [0.1, 0.15) is 38.5 Å². The highest BCUT2D eigenvalue weighted by Gasteiger charge is 2.47. The van der Waals surface area contributed by atoms with Gasteiger partial charge in [0.25, 0.3) is 0 Å². The van der Waals surface area contributed by atoms with Crippen molar-refractivity contribution in [1.29, 1.82) is 0 Å². The minimum Gasteiger partial charge on any atom is -0.465 e. The molecule has 0 aromatic rings. The van der Waals surface area contributed by atoms with Crippen LogP contribution in [-0.2, 0) is 19.0 Å². The van der Waals surface area contributed by atoms with Gasteiger partial charge in [-0.25, -0.2) is 0 Å². The van der Waals surface area contributed by atoms with Crippen molar-refractivity contribution in [3.05, 3.63) is 0 Å². The molecule has 100 valence electrons. The van der Waals surface area contributed by atoms with E-state index >= 15 is 0 Å². The normalized spacial score (nSPS) is 48.9. The molecule has 4 heteroatoms. The van der Waals surface area contributed by atoms with E-state index < -0.39 is 0 Å². The Bertz CT molecular complexity index is 356. The first-order chi connectivity index (χ1) is 8.79. The fourth-order valence-electron chi connectivity index (χ4n) is 3.57. The minimum absolute atomic E-state index is 0.00258. The number of carbonyl (C=O) groups is 1. The van der Waals surface area contributed by atoms with Crippen LogP contribution in [0.5, 0.6) is 0 Å². The summed E-state index contributed by atoms with van der Waals surface area (Å²) in [5.41, 5.74) is 0. The number of ether oxygens (including phenoxy) is 3. The molecule has 0 bridgehead atoms. The first-order valence-electron chi connectivity index (χ1n) is 7.27. The van der Waals surface area contributed by atoms with Crippen molar-refractivity contribution < 1.29 is 19.0 Å². The van der Waals surface area contributed by atoms with Crippen LogP contribution in [0.4, 0.5) is 0 Å². The third-order valence-corrected chi connectivity index (χ3v) is 4.91. The molecule has 0 unspecified atom stereocenters. The molecule has 6 atom stereocenters. The van der Waals surface area contributed by atoms with Crippen molar-refractivity contribution in [3.63, 3.8) is 0 Å². The molecule has 2 saturated heterocycles. The summed E-state index contributed by atoms with van der Waals surface area (Å²) in [4.78, 5) is 12.0. The van der Waals surface area contributed by atoms with Gasteiger partial charge in [0.1, 0.15) is 0 Å². The highest BCUT2D eigenvalue weighted by molar-refractivity contribution is 5.72. The molecule has 0 spiro atoms. The fourth-order valence-corrected chi connectivity index (χ4v) is 3.57. The largest absolute Gasteiger partial charge is 0.465 e. The Morgan fingerprint density at radius 2 is 1.67 bits per heavy atom. The molecule has 4 rings (SSSR count). The van der Waals surface area contributed by atoms with E-state index in [1.54, 1.807) is 0 Å². The summed E-state index contributed by atoms with van der Waals surface area (Å²) in [6.45, 7) is 0.594. The summed E-state index contributed by atoms with van der Waals surface area (Å²) in [6.07, 6.45) is 8.03. The highest BCUT2D eigenvalue weighted by Crippen LogP contribution is 2.41. The fraction of sp³-hybridized carbons (Fsp3) is 0.929. The maximum atomic E-state index is 12.0. The van der Waals surface area contributed by atoms with Gasteiger partial charge in [-0.1, -0.05) is 0 Å². The average Bonchev–Trinajstić information content (AvgIpc) is 3.26. The van der Waals surface area contributed by atoms with E-state index in [2.05, 4.69) is 0 Å². The third kappa shape index (κ3) is 2.16. The van der Waals surface area contributed by atoms with Gasteiger partial charge < -0.3 is 14.2 Å². The molecule has 0 N–H and O–H groups in total. The van der Waals surface area contributed by atoms with E-state index in [1.165, 1.54) is 0 Å². The quantitative estimate of drug-likeness (QED) is 0.566. The summed E-state index contributed by atoms with van der Waals surface area (Å²) in [7, 11) is 0. The van der Waals surface area contributed by atoms with E-state index in [0.29, 0.717) is 36.9 Å². The second kappa shape index (κ2) is 4.20. The zero-order valence-electron chi connectivity index (χ0n) is 10.5. The minimum atomic E-state index is 0.00258. The Morgan fingerprint density at radius 1 is 0.944 bits per heavy atom. The van der Waals surface area contributed by atoms with Crippen LogP contribution >= 0.6 is 0 Å². The van der Waals surface area contributed by atoms with Gasteiger partial charge in [-0.2, -0.15) is 0 Å². The van der Waals surface area contributed by atoms with E-state index in [-0.39, 0.29) is 11.9 Å². The molecular formula is C14H20O4. The topological polar surface area (TPSA) is 51.4 Å². The average molecular weight is 252 g/mol. The first-order valence-corrected chi connectivity index (χ1v) is 7.27. The lowest BCUT2D eigenvalue weighted by Gasteiger charge is -2.21. The third-order valence-electron chi connectivity index (χ3n) is 4.91. The summed E-state index contributed by atoms with van der Waals surface area (Å²) >= 11 is 0. The number of hydrogen-bond donors (Lipinski definition) is 0. The van der Waals surface area contributed by atoms with Gasteiger partial charge in [0.05, 0.1) is 36.9 Å². The predicted molar refractivity (Wildman–Crippen MR) is 63.0 cm³/mol. The Labute approximate surface area is 107 Å². The second-order valence-corrected chi connectivity index (χ2v) is 6.25. The van der Waals surface area contributed by atoms with E-state index in [0.717, 1.165) is 38.5 Å². The number of carbonyl (C=O) groups excluding carboxylic acids is 1. The van der Waals surface area contributed by atoms with Gasteiger partial charge in [-0.05, 0) is 44.4 Å². The molecule has 2 aliphatic carbocycles. The molecule has 0 aromatic carbocycles. The smallest absolute Gasteiger partial charge is 0.309 e. The van der Waals surface area contributed by atoms with Gasteiger partial charge in [0.2, 0.25) is 0 Å². The monoisotopic (exact) mass is 252 g/mol. The van der Waals surface area contributed by atoms with Gasteiger partial charge in [0.15, 0.2) is 0 Å². The number of epoxide rings is 2. The lowest BCUT2D eigenvalue weighted by Crippen LogP contribution is -2.27. The number of hydrogen-bond acceptors (Lipinski definition) is 4. The number of rotatable bonds is 3. The van der Waals surface area contributed by atoms with Crippen LogP contribution in [0.25, 0.3) is 0 Å². The van der Waals surface area contributed by atoms with Crippen LogP contribution in [0.3, 0.4) is 0 Å². The SMILES string of the molecule is O=C(OC[C@H]1CC[C@@H]2O[C@@H]2C1)[C@@H]1CC[C@@H]2O[C@@H]2C1. The number of esters is 1. The molecule has 4 aliphatic rings. The van der Waals surface area contributed by atoms with Crippen LogP contribution in [-0.4, -0.2) is 37.0 Å². The van der Waals surface area contributed by atoms with Crippen molar-refractivity contribution in [2.24, 2.45) is 11.8 Å². The second-order valence-electron chi connectivity index (χ2n) is 6.25. The zero-order valence-corrected chi connectivity index (χ0v) is 10.5. The molecule has 0 radical (unpaired) electrons. The highest BCUT2D eigenvalue weighted by atomic mass is 16.6. The Morgan fingerprint density at radius 3 is 2.39 bits per heavy atom. The van der Waals surface area contributed by atoms with Crippen molar-refractivity contribution in [2.45, 2.75) is 62.9 Å². The van der Waals surface area contributed by atoms with Gasteiger partial charge in [-0.15, -0.1) is 0 Å². The Hall–Kier alpha value is -0.610. The zero-order chi connectivity index (χ0) is 12.1. The van der Waals surface area contributed by atoms with Gasteiger partial charge in [0, 0.05) is 0 Å². The molecule has 0 aromatic heterocycles. The molecule has 0 amide bonds. The van der Waals surface area contributed by atoms with Crippen LogP contribution in [0.15, 0.2) is 0 Å². The Balaban J connectivity index is 1.23. The van der Waals surface area contributed by atoms with Crippen LogP contribution in [0, 0.1) is 11.8 Å². The molecular weight excluding hydrogens is 232 g/mol. The lowest BCUT2D eigenvalue weighted by atomic mass is 9.89. The van der Waals surface area contributed by atoms with Crippen molar-refractivity contribution in [2.75, 3.05) is 6.61 Å². The first kappa shape index (κ1) is 11.2. The predicted octanol–water partition coefficient (Wildman–Crippen LogP) is 1.66. The van der Waals surface area contributed by atoms with Gasteiger partial charge >= 0.3 is 5.97 Å².